The van der Waals surface area contributed by atoms with Crippen LogP contribution in [-0.4, -0.2) is 47.1 Å². The first kappa shape index (κ1) is 11.3. The number of rotatable bonds is 3. The third-order valence-electron chi connectivity index (χ3n) is 2.71. The van der Waals surface area contributed by atoms with Crippen LogP contribution in [0.3, 0.4) is 0 Å². The molecule has 1 aliphatic rings. The molecular formula is C10H15N3O2S. The van der Waals surface area contributed by atoms with Crippen molar-refractivity contribution in [3.05, 3.63) is 10.6 Å². The Balaban J connectivity index is 2.05. The molecule has 0 aliphatic carbocycles. The predicted molar refractivity (Wildman–Crippen MR) is 63.3 cm³/mol. The molecule has 1 saturated heterocycles. The average Bonchev–Trinajstić information content (AvgIpc) is 2.73. The summed E-state index contributed by atoms with van der Waals surface area (Å²) >= 11 is 1.22. The summed E-state index contributed by atoms with van der Waals surface area (Å²) in [4.78, 5) is 17.7. The number of likely N-dealkylation sites (N-methyl/N-ethyl adjacent to an activating group) is 1. The summed E-state index contributed by atoms with van der Waals surface area (Å²) in [5, 5.41) is 12.9. The highest BCUT2D eigenvalue weighted by Gasteiger charge is 2.21. The first-order chi connectivity index (χ1) is 7.56. The summed E-state index contributed by atoms with van der Waals surface area (Å²) in [6.45, 7) is 3.79. The molecule has 2 heterocycles. The first-order valence-electron chi connectivity index (χ1n) is 5.22. The van der Waals surface area contributed by atoms with Crippen LogP contribution < -0.4 is 5.32 Å². The Morgan fingerprint density at radius 2 is 2.44 bits per heavy atom. The van der Waals surface area contributed by atoms with Gasteiger partial charge < -0.3 is 15.3 Å². The molecule has 1 unspecified atom stereocenters. The fourth-order valence-electron chi connectivity index (χ4n) is 1.88. The standard InChI is InChI=1S/C10H15N3O2S/c1-6-8(9(14)15)16-10(11-6)12-7-3-4-13(2)5-7/h7H,3-5H2,1-2H3,(H,11,12)(H,14,15). The minimum absolute atomic E-state index is 0.328. The van der Waals surface area contributed by atoms with Crippen molar-refractivity contribution in [1.29, 1.82) is 0 Å². The largest absolute Gasteiger partial charge is 0.477 e. The summed E-state index contributed by atoms with van der Waals surface area (Å²) in [5.41, 5.74) is 0.589. The molecule has 0 spiro atoms. The quantitative estimate of drug-likeness (QED) is 0.834. The van der Waals surface area contributed by atoms with Gasteiger partial charge in [0.25, 0.3) is 0 Å². The lowest BCUT2D eigenvalue weighted by molar-refractivity contribution is 0.0701. The highest BCUT2D eigenvalue weighted by atomic mass is 32.1. The number of carboxylic acids is 1. The fourth-order valence-corrected chi connectivity index (χ4v) is 2.77. The minimum Gasteiger partial charge on any atom is -0.477 e. The van der Waals surface area contributed by atoms with Gasteiger partial charge in [-0.25, -0.2) is 9.78 Å². The van der Waals surface area contributed by atoms with E-state index < -0.39 is 5.97 Å². The number of nitrogens with one attached hydrogen (secondary N) is 1. The van der Waals surface area contributed by atoms with E-state index >= 15 is 0 Å². The maximum Gasteiger partial charge on any atom is 0.347 e. The molecule has 1 aliphatic heterocycles. The van der Waals surface area contributed by atoms with E-state index in [2.05, 4.69) is 22.2 Å². The Hall–Kier alpha value is -1.14. The summed E-state index contributed by atoms with van der Waals surface area (Å²) in [6, 6.07) is 0.386. The van der Waals surface area contributed by atoms with Crippen molar-refractivity contribution in [2.75, 3.05) is 25.5 Å². The Kier molecular flexibility index (Phi) is 3.11. The van der Waals surface area contributed by atoms with Gasteiger partial charge in [0.15, 0.2) is 5.13 Å². The number of hydrogen-bond acceptors (Lipinski definition) is 5. The van der Waals surface area contributed by atoms with E-state index in [9.17, 15) is 4.79 Å². The van der Waals surface area contributed by atoms with Crippen LogP contribution in [-0.2, 0) is 0 Å². The molecule has 0 radical (unpaired) electrons. The second-order valence-electron chi connectivity index (χ2n) is 4.13. The van der Waals surface area contributed by atoms with E-state index in [0.29, 0.717) is 16.6 Å². The molecule has 0 saturated carbocycles. The number of aryl methyl sites for hydroxylation is 1. The number of thiazole rings is 1. The topological polar surface area (TPSA) is 65.5 Å². The summed E-state index contributed by atoms with van der Waals surface area (Å²) in [6.07, 6.45) is 1.08. The van der Waals surface area contributed by atoms with Crippen LogP contribution in [0.25, 0.3) is 0 Å². The number of likely N-dealkylation sites (tertiary alicyclic amines) is 1. The zero-order valence-electron chi connectivity index (χ0n) is 9.36. The Morgan fingerprint density at radius 1 is 1.69 bits per heavy atom. The van der Waals surface area contributed by atoms with Crippen LogP contribution in [0.15, 0.2) is 0 Å². The Bertz CT molecular complexity index is 405. The van der Waals surface area contributed by atoms with Gasteiger partial charge in [0.1, 0.15) is 4.88 Å². The number of carboxylic acid groups (broad SMARTS) is 1. The number of aromatic carboxylic acids is 1. The highest BCUT2D eigenvalue weighted by Crippen LogP contribution is 2.24. The van der Waals surface area contributed by atoms with Crippen LogP contribution in [0.1, 0.15) is 21.8 Å². The third-order valence-corrected chi connectivity index (χ3v) is 3.79. The molecule has 6 heteroatoms. The number of aromatic nitrogens is 1. The Morgan fingerprint density at radius 3 is 2.94 bits per heavy atom. The number of anilines is 1. The normalized spacial score (nSPS) is 21.2. The van der Waals surface area contributed by atoms with Crippen molar-refractivity contribution in [2.45, 2.75) is 19.4 Å². The van der Waals surface area contributed by atoms with Gasteiger partial charge in [0, 0.05) is 12.6 Å². The van der Waals surface area contributed by atoms with E-state index in [-0.39, 0.29) is 0 Å². The summed E-state index contributed by atoms with van der Waals surface area (Å²) < 4.78 is 0. The van der Waals surface area contributed by atoms with Crippen molar-refractivity contribution in [3.63, 3.8) is 0 Å². The second-order valence-corrected chi connectivity index (χ2v) is 5.13. The van der Waals surface area contributed by atoms with Crippen LogP contribution in [0.5, 0.6) is 0 Å². The highest BCUT2D eigenvalue weighted by molar-refractivity contribution is 7.17. The molecule has 16 heavy (non-hydrogen) atoms. The lowest BCUT2D eigenvalue weighted by atomic mass is 10.3. The van der Waals surface area contributed by atoms with E-state index in [1.54, 1.807) is 6.92 Å². The monoisotopic (exact) mass is 241 g/mol. The van der Waals surface area contributed by atoms with E-state index in [0.717, 1.165) is 24.6 Å². The van der Waals surface area contributed by atoms with Crippen LogP contribution in [0.4, 0.5) is 5.13 Å². The average molecular weight is 241 g/mol. The molecule has 1 aromatic heterocycles. The van der Waals surface area contributed by atoms with Gasteiger partial charge in [0.05, 0.1) is 5.69 Å². The SMILES string of the molecule is Cc1nc(NC2CCN(C)C2)sc1C(=O)O. The smallest absolute Gasteiger partial charge is 0.347 e. The maximum absolute atomic E-state index is 10.9. The van der Waals surface area contributed by atoms with Crippen molar-refractivity contribution in [2.24, 2.45) is 0 Å². The lowest BCUT2D eigenvalue weighted by Crippen LogP contribution is -2.23. The molecular weight excluding hydrogens is 226 g/mol. The van der Waals surface area contributed by atoms with Crippen LogP contribution in [0.2, 0.25) is 0 Å². The van der Waals surface area contributed by atoms with Crippen molar-refractivity contribution in [1.82, 2.24) is 9.88 Å². The number of hydrogen-bond donors (Lipinski definition) is 2. The predicted octanol–water partition coefficient (Wildman–Crippen LogP) is 1.27. The molecule has 1 atom stereocenters. The van der Waals surface area contributed by atoms with Gasteiger partial charge in [-0.1, -0.05) is 11.3 Å². The van der Waals surface area contributed by atoms with Gasteiger partial charge in [-0.3, -0.25) is 0 Å². The number of carbonyl (C=O) groups is 1. The van der Waals surface area contributed by atoms with Crippen molar-refractivity contribution < 1.29 is 9.90 Å². The van der Waals surface area contributed by atoms with E-state index in [1.165, 1.54) is 11.3 Å². The van der Waals surface area contributed by atoms with Gasteiger partial charge in [-0.05, 0) is 26.9 Å². The minimum atomic E-state index is -0.897. The lowest BCUT2D eigenvalue weighted by Gasteiger charge is -2.10. The van der Waals surface area contributed by atoms with Gasteiger partial charge >= 0.3 is 5.97 Å². The molecule has 0 aromatic carbocycles. The van der Waals surface area contributed by atoms with E-state index in [1.807, 2.05) is 0 Å². The zero-order chi connectivity index (χ0) is 11.7. The molecule has 2 rings (SSSR count). The Labute approximate surface area is 98.1 Å². The van der Waals surface area contributed by atoms with Gasteiger partial charge in [-0.15, -0.1) is 0 Å². The van der Waals surface area contributed by atoms with Crippen molar-refractivity contribution >= 4 is 22.4 Å². The van der Waals surface area contributed by atoms with Gasteiger partial charge in [-0.2, -0.15) is 0 Å². The molecule has 1 fully saturated rings. The van der Waals surface area contributed by atoms with Crippen LogP contribution in [0, 0.1) is 6.92 Å². The molecule has 0 bridgehead atoms. The molecule has 88 valence electrons. The summed E-state index contributed by atoms with van der Waals surface area (Å²) in [5.74, 6) is -0.897. The summed E-state index contributed by atoms with van der Waals surface area (Å²) in [7, 11) is 2.08. The maximum atomic E-state index is 10.9. The molecule has 1 aromatic rings. The first-order valence-corrected chi connectivity index (χ1v) is 6.03. The molecule has 0 amide bonds. The fraction of sp³-hybridized carbons (Fsp3) is 0.600. The van der Waals surface area contributed by atoms with Crippen LogP contribution >= 0.6 is 11.3 Å². The van der Waals surface area contributed by atoms with Crippen molar-refractivity contribution in [3.8, 4) is 0 Å². The second kappa shape index (κ2) is 4.39. The number of nitrogens with zero attached hydrogens (tertiary/aromatic N) is 2. The zero-order valence-corrected chi connectivity index (χ0v) is 10.2. The third kappa shape index (κ3) is 2.33. The molecule has 2 N–H and O–H groups in total. The van der Waals surface area contributed by atoms with E-state index in [4.69, 9.17) is 5.11 Å². The van der Waals surface area contributed by atoms with Gasteiger partial charge in [0.2, 0.25) is 0 Å². The molecule has 5 nitrogen and oxygen atoms in total.